The van der Waals surface area contributed by atoms with E-state index in [1.165, 1.54) is 6.08 Å². The Morgan fingerprint density at radius 2 is 2.33 bits per heavy atom. The molecule has 3 nitrogen and oxygen atoms in total. The van der Waals surface area contributed by atoms with E-state index in [2.05, 4.69) is 11.9 Å². The van der Waals surface area contributed by atoms with Crippen LogP contribution in [-0.2, 0) is 0 Å². The highest BCUT2D eigenvalue weighted by Crippen LogP contribution is 2.17. The van der Waals surface area contributed by atoms with Crippen molar-refractivity contribution < 1.29 is 14.3 Å². The number of phenols is 1. The Morgan fingerprint density at radius 1 is 1.67 bits per heavy atom. The maximum absolute atomic E-state index is 12.8. The first-order chi connectivity index (χ1) is 7.04. The van der Waals surface area contributed by atoms with Crippen LogP contribution in [0.5, 0.6) is 5.75 Å². The van der Waals surface area contributed by atoms with Gasteiger partial charge in [0.15, 0.2) is 0 Å². The molecule has 0 saturated carbocycles. The summed E-state index contributed by atoms with van der Waals surface area (Å²) in [5.74, 6) is -1.34. The van der Waals surface area contributed by atoms with Crippen LogP contribution >= 0.6 is 0 Å². The summed E-state index contributed by atoms with van der Waals surface area (Å²) in [7, 11) is 0. The molecule has 1 aromatic carbocycles. The number of carbonyl (C=O) groups is 1. The predicted molar refractivity (Wildman–Crippen MR) is 55.2 cm³/mol. The van der Waals surface area contributed by atoms with Gasteiger partial charge in [0.05, 0.1) is 5.56 Å². The SMILES string of the molecule is C=CC(C)NC(=O)c1cc(F)ccc1O. The second kappa shape index (κ2) is 4.59. The maximum atomic E-state index is 12.8. The summed E-state index contributed by atoms with van der Waals surface area (Å²) in [5, 5.41) is 11.9. The first-order valence-corrected chi connectivity index (χ1v) is 4.46. The number of rotatable bonds is 3. The minimum Gasteiger partial charge on any atom is -0.507 e. The van der Waals surface area contributed by atoms with Crippen molar-refractivity contribution >= 4 is 5.91 Å². The van der Waals surface area contributed by atoms with Gasteiger partial charge in [-0.05, 0) is 25.1 Å². The molecule has 0 bridgehead atoms. The van der Waals surface area contributed by atoms with E-state index in [0.29, 0.717) is 0 Å². The molecule has 1 rings (SSSR count). The Kier molecular flexibility index (Phi) is 3.44. The molecule has 0 aliphatic carbocycles. The lowest BCUT2D eigenvalue weighted by atomic mass is 10.1. The van der Waals surface area contributed by atoms with E-state index in [4.69, 9.17) is 0 Å². The third kappa shape index (κ3) is 2.80. The predicted octanol–water partition coefficient (Wildman–Crippen LogP) is 1.84. The first-order valence-electron chi connectivity index (χ1n) is 4.46. The van der Waals surface area contributed by atoms with Crippen LogP contribution in [0.25, 0.3) is 0 Å². The van der Waals surface area contributed by atoms with Gasteiger partial charge in [-0.15, -0.1) is 6.58 Å². The van der Waals surface area contributed by atoms with Crippen LogP contribution in [-0.4, -0.2) is 17.1 Å². The Balaban J connectivity index is 2.90. The van der Waals surface area contributed by atoms with Crippen LogP contribution < -0.4 is 5.32 Å². The van der Waals surface area contributed by atoms with Crippen LogP contribution in [0.1, 0.15) is 17.3 Å². The summed E-state index contributed by atoms with van der Waals surface area (Å²) in [6, 6.07) is 2.98. The lowest BCUT2D eigenvalue weighted by Gasteiger charge is -2.10. The fourth-order valence-electron chi connectivity index (χ4n) is 1.03. The largest absolute Gasteiger partial charge is 0.507 e. The molecule has 15 heavy (non-hydrogen) atoms. The Bertz CT molecular complexity index is 390. The molecule has 1 unspecified atom stereocenters. The molecule has 1 aromatic rings. The van der Waals surface area contributed by atoms with Crippen LogP contribution in [0.3, 0.4) is 0 Å². The lowest BCUT2D eigenvalue weighted by Crippen LogP contribution is -2.30. The molecular formula is C11H12FNO2. The number of phenolic OH excluding ortho intramolecular Hbond substituents is 1. The van der Waals surface area contributed by atoms with Crippen molar-refractivity contribution in [2.75, 3.05) is 0 Å². The Hall–Kier alpha value is -1.84. The number of carbonyl (C=O) groups excluding carboxylic acids is 1. The van der Waals surface area contributed by atoms with Crippen molar-refractivity contribution in [3.63, 3.8) is 0 Å². The number of aromatic hydroxyl groups is 1. The van der Waals surface area contributed by atoms with E-state index in [1.54, 1.807) is 6.92 Å². The second-order valence-corrected chi connectivity index (χ2v) is 3.16. The number of amides is 1. The van der Waals surface area contributed by atoms with Gasteiger partial charge in [-0.25, -0.2) is 4.39 Å². The Morgan fingerprint density at radius 3 is 2.93 bits per heavy atom. The van der Waals surface area contributed by atoms with E-state index in [-0.39, 0.29) is 17.4 Å². The molecular weight excluding hydrogens is 197 g/mol. The minimum absolute atomic E-state index is 0.0799. The Labute approximate surface area is 87.2 Å². The quantitative estimate of drug-likeness (QED) is 0.746. The van der Waals surface area contributed by atoms with E-state index < -0.39 is 11.7 Å². The zero-order chi connectivity index (χ0) is 11.4. The second-order valence-electron chi connectivity index (χ2n) is 3.16. The topological polar surface area (TPSA) is 49.3 Å². The van der Waals surface area contributed by atoms with E-state index in [1.807, 2.05) is 0 Å². The smallest absolute Gasteiger partial charge is 0.255 e. The molecule has 1 atom stereocenters. The third-order valence-electron chi connectivity index (χ3n) is 1.92. The standard InChI is InChI=1S/C11H12FNO2/c1-3-7(2)13-11(15)9-6-8(12)4-5-10(9)14/h3-7,14H,1H2,2H3,(H,13,15). The number of halogens is 1. The zero-order valence-corrected chi connectivity index (χ0v) is 8.33. The molecule has 1 amide bonds. The minimum atomic E-state index is -0.566. The summed E-state index contributed by atoms with van der Waals surface area (Å²) < 4.78 is 12.8. The van der Waals surface area contributed by atoms with E-state index in [9.17, 15) is 14.3 Å². The van der Waals surface area contributed by atoms with Crippen molar-refractivity contribution in [3.05, 3.63) is 42.2 Å². The monoisotopic (exact) mass is 209 g/mol. The summed E-state index contributed by atoms with van der Waals surface area (Å²) in [4.78, 5) is 11.5. The van der Waals surface area contributed by atoms with Gasteiger partial charge in [-0.3, -0.25) is 4.79 Å². The van der Waals surface area contributed by atoms with Crippen LogP contribution in [0.4, 0.5) is 4.39 Å². The summed E-state index contributed by atoms with van der Waals surface area (Å²) in [6.07, 6.45) is 1.54. The average molecular weight is 209 g/mol. The van der Waals surface area contributed by atoms with Crippen molar-refractivity contribution in [3.8, 4) is 5.75 Å². The average Bonchev–Trinajstić information content (AvgIpc) is 2.21. The fourth-order valence-corrected chi connectivity index (χ4v) is 1.03. The molecule has 0 aliphatic rings. The number of hydrogen-bond donors (Lipinski definition) is 2. The molecule has 4 heteroatoms. The van der Waals surface area contributed by atoms with Crippen molar-refractivity contribution in [1.29, 1.82) is 0 Å². The van der Waals surface area contributed by atoms with Gasteiger partial charge >= 0.3 is 0 Å². The van der Waals surface area contributed by atoms with Crippen LogP contribution in [0.15, 0.2) is 30.9 Å². The molecule has 2 N–H and O–H groups in total. The summed E-state index contributed by atoms with van der Waals surface area (Å²) in [6.45, 7) is 5.22. The highest BCUT2D eigenvalue weighted by Gasteiger charge is 2.12. The van der Waals surface area contributed by atoms with Crippen LogP contribution in [0, 0.1) is 5.82 Å². The third-order valence-corrected chi connectivity index (χ3v) is 1.92. The molecule has 80 valence electrons. The molecule has 0 aliphatic heterocycles. The van der Waals surface area contributed by atoms with Crippen molar-refractivity contribution in [1.82, 2.24) is 5.32 Å². The van der Waals surface area contributed by atoms with E-state index >= 15 is 0 Å². The number of benzene rings is 1. The van der Waals surface area contributed by atoms with Gasteiger partial charge in [-0.2, -0.15) is 0 Å². The lowest BCUT2D eigenvalue weighted by molar-refractivity contribution is 0.0944. The molecule has 0 saturated heterocycles. The van der Waals surface area contributed by atoms with Crippen molar-refractivity contribution in [2.45, 2.75) is 13.0 Å². The van der Waals surface area contributed by atoms with Gasteiger partial charge < -0.3 is 10.4 Å². The highest BCUT2D eigenvalue weighted by molar-refractivity contribution is 5.97. The normalized spacial score (nSPS) is 11.9. The molecule has 0 radical (unpaired) electrons. The van der Waals surface area contributed by atoms with E-state index in [0.717, 1.165) is 18.2 Å². The zero-order valence-electron chi connectivity index (χ0n) is 8.33. The molecule has 0 heterocycles. The van der Waals surface area contributed by atoms with Crippen molar-refractivity contribution in [2.24, 2.45) is 0 Å². The fraction of sp³-hybridized carbons (Fsp3) is 0.182. The summed E-state index contributed by atoms with van der Waals surface area (Å²) >= 11 is 0. The summed E-state index contributed by atoms with van der Waals surface area (Å²) in [5.41, 5.74) is -0.0799. The highest BCUT2D eigenvalue weighted by atomic mass is 19.1. The molecule has 0 spiro atoms. The molecule has 0 aromatic heterocycles. The molecule has 0 fully saturated rings. The first kappa shape index (κ1) is 11.2. The van der Waals surface area contributed by atoms with Gasteiger partial charge in [0.1, 0.15) is 11.6 Å². The number of hydrogen-bond acceptors (Lipinski definition) is 2. The number of nitrogens with one attached hydrogen (secondary N) is 1. The maximum Gasteiger partial charge on any atom is 0.255 e. The van der Waals surface area contributed by atoms with Gasteiger partial charge in [0.25, 0.3) is 5.91 Å². The van der Waals surface area contributed by atoms with Gasteiger partial charge in [0.2, 0.25) is 0 Å². The van der Waals surface area contributed by atoms with Gasteiger partial charge in [-0.1, -0.05) is 6.08 Å². The van der Waals surface area contributed by atoms with Gasteiger partial charge in [0, 0.05) is 6.04 Å². The van der Waals surface area contributed by atoms with Crippen LogP contribution in [0.2, 0.25) is 0 Å².